The molecule has 1 rings (SSSR count). The average molecular weight is 316 g/mol. The van der Waals surface area contributed by atoms with Crippen molar-refractivity contribution in [3.05, 3.63) is 35.9 Å². The lowest BCUT2D eigenvalue weighted by molar-refractivity contribution is -0.118. The molecule has 0 aliphatic carbocycles. The van der Waals surface area contributed by atoms with E-state index in [1.54, 1.807) is 38.1 Å². The molecule has 4 N–H and O–H groups in total. The number of rotatable bonds is 7. The minimum atomic E-state index is -3.53. The van der Waals surface area contributed by atoms with E-state index in [1.807, 2.05) is 11.4 Å². The number of aliphatic hydroxyl groups is 1. The molecule has 1 amide bonds. The van der Waals surface area contributed by atoms with Crippen LogP contribution in [0.5, 0.6) is 0 Å². The van der Waals surface area contributed by atoms with Gasteiger partial charge in [0.2, 0.25) is 0 Å². The van der Waals surface area contributed by atoms with Gasteiger partial charge in [0.25, 0.3) is 5.92 Å². The number of alkyl halides is 2. The minimum Gasteiger partial charge on any atom is -0.445 e. The first-order valence-corrected chi connectivity index (χ1v) is 7.00. The number of aliphatic hydroxyl groups excluding tert-OH is 1. The highest BCUT2D eigenvalue weighted by atomic mass is 19.3. The van der Waals surface area contributed by atoms with Crippen LogP contribution in [-0.4, -0.2) is 35.8 Å². The number of hydrogen-bond donors (Lipinski definition) is 3. The van der Waals surface area contributed by atoms with Gasteiger partial charge in [0.15, 0.2) is 0 Å². The van der Waals surface area contributed by atoms with Crippen molar-refractivity contribution in [2.24, 2.45) is 11.7 Å². The van der Waals surface area contributed by atoms with E-state index in [0.717, 1.165) is 5.56 Å². The van der Waals surface area contributed by atoms with Gasteiger partial charge in [-0.1, -0.05) is 44.2 Å². The van der Waals surface area contributed by atoms with Gasteiger partial charge in [-0.25, -0.2) is 13.6 Å². The summed E-state index contributed by atoms with van der Waals surface area (Å²) >= 11 is 0. The molecule has 5 nitrogen and oxygen atoms in total. The molecule has 0 heterocycles. The third kappa shape index (κ3) is 5.57. The fraction of sp³-hybridized carbons (Fsp3) is 0.533. The zero-order valence-electron chi connectivity index (χ0n) is 12.6. The number of ether oxygens (including phenoxy) is 1. The van der Waals surface area contributed by atoms with Crippen LogP contribution in [0.15, 0.2) is 30.3 Å². The SMILES string of the molecule is CC(C)C(N)C(O)C(F)(F)CNC(=O)OCc1ccccc1. The number of amides is 1. The quantitative estimate of drug-likeness (QED) is 0.717. The third-order valence-corrected chi connectivity index (χ3v) is 3.25. The maximum atomic E-state index is 13.8. The molecule has 7 heteroatoms. The highest BCUT2D eigenvalue weighted by Crippen LogP contribution is 2.22. The number of alkyl carbamates (subject to hydrolysis) is 1. The van der Waals surface area contributed by atoms with Crippen LogP contribution < -0.4 is 11.1 Å². The molecule has 0 aliphatic rings. The topological polar surface area (TPSA) is 84.6 Å². The maximum absolute atomic E-state index is 13.8. The second kappa shape index (κ2) is 8.05. The molecule has 0 aliphatic heterocycles. The van der Waals surface area contributed by atoms with Crippen molar-refractivity contribution in [2.75, 3.05) is 6.54 Å². The van der Waals surface area contributed by atoms with Crippen LogP contribution in [0.1, 0.15) is 19.4 Å². The van der Waals surface area contributed by atoms with Gasteiger partial charge in [0.1, 0.15) is 12.7 Å². The normalized spacial score (nSPS) is 14.5. The molecule has 124 valence electrons. The molecular weight excluding hydrogens is 294 g/mol. The predicted molar refractivity (Wildman–Crippen MR) is 78.4 cm³/mol. The Labute approximate surface area is 128 Å². The van der Waals surface area contributed by atoms with Crippen LogP contribution in [0.2, 0.25) is 0 Å². The molecule has 0 radical (unpaired) electrons. The Kier molecular flexibility index (Phi) is 6.70. The first-order chi connectivity index (χ1) is 10.2. The number of nitrogens with one attached hydrogen (secondary N) is 1. The number of nitrogens with two attached hydrogens (primary N) is 1. The zero-order valence-corrected chi connectivity index (χ0v) is 12.6. The van der Waals surface area contributed by atoms with Crippen molar-refractivity contribution in [1.29, 1.82) is 0 Å². The second-order valence-electron chi connectivity index (χ2n) is 5.44. The van der Waals surface area contributed by atoms with Crippen molar-refractivity contribution in [3.8, 4) is 0 Å². The van der Waals surface area contributed by atoms with Gasteiger partial charge in [0.05, 0.1) is 6.54 Å². The van der Waals surface area contributed by atoms with Crippen molar-refractivity contribution in [2.45, 2.75) is 38.5 Å². The number of carbonyl (C=O) groups excluding carboxylic acids is 1. The molecule has 2 atom stereocenters. The number of benzene rings is 1. The standard InChI is InChI=1S/C15H22F2N2O3/c1-10(2)12(18)13(20)15(16,17)9-19-14(21)22-8-11-6-4-3-5-7-11/h3-7,10,12-13,20H,8-9,18H2,1-2H3,(H,19,21). The van der Waals surface area contributed by atoms with E-state index >= 15 is 0 Å². The van der Waals surface area contributed by atoms with Gasteiger partial charge in [-0.3, -0.25) is 0 Å². The van der Waals surface area contributed by atoms with E-state index in [0.29, 0.717) is 0 Å². The largest absolute Gasteiger partial charge is 0.445 e. The molecule has 0 spiro atoms. The predicted octanol–water partition coefficient (Wildman–Crippen LogP) is 1.89. The van der Waals surface area contributed by atoms with E-state index < -0.39 is 30.7 Å². The lowest BCUT2D eigenvalue weighted by atomic mass is 9.95. The van der Waals surface area contributed by atoms with E-state index in [9.17, 15) is 18.7 Å². The van der Waals surface area contributed by atoms with Crippen molar-refractivity contribution < 1.29 is 23.4 Å². The third-order valence-electron chi connectivity index (χ3n) is 3.25. The van der Waals surface area contributed by atoms with Gasteiger partial charge >= 0.3 is 6.09 Å². The Morgan fingerprint density at radius 2 is 1.95 bits per heavy atom. The van der Waals surface area contributed by atoms with Crippen molar-refractivity contribution >= 4 is 6.09 Å². The number of hydrogen-bond acceptors (Lipinski definition) is 4. The molecule has 0 aromatic heterocycles. The Hall–Kier alpha value is -1.73. The summed E-state index contributed by atoms with van der Waals surface area (Å²) in [6, 6.07) is 7.75. The summed E-state index contributed by atoms with van der Waals surface area (Å²) in [5.41, 5.74) is 6.26. The van der Waals surface area contributed by atoms with E-state index in [2.05, 4.69) is 0 Å². The number of halogens is 2. The zero-order chi connectivity index (χ0) is 16.8. The molecule has 2 unspecified atom stereocenters. The van der Waals surface area contributed by atoms with Crippen LogP contribution in [0.25, 0.3) is 0 Å². The lowest BCUT2D eigenvalue weighted by Gasteiger charge is -2.29. The molecule has 22 heavy (non-hydrogen) atoms. The van der Waals surface area contributed by atoms with Gasteiger partial charge in [-0.05, 0) is 11.5 Å². The molecule has 1 aromatic carbocycles. The first kappa shape index (κ1) is 18.3. The molecule has 0 saturated carbocycles. The second-order valence-corrected chi connectivity index (χ2v) is 5.44. The summed E-state index contributed by atoms with van der Waals surface area (Å²) in [5.74, 6) is -3.85. The summed E-state index contributed by atoms with van der Waals surface area (Å²) < 4.78 is 32.3. The monoisotopic (exact) mass is 316 g/mol. The Bertz CT molecular complexity index is 469. The maximum Gasteiger partial charge on any atom is 0.407 e. The highest BCUT2D eigenvalue weighted by Gasteiger charge is 2.43. The molecule has 0 bridgehead atoms. The Morgan fingerprint density at radius 1 is 1.36 bits per heavy atom. The molecule has 0 fully saturated rings. The smallest absolute Gasteiger partial charge is 0.407 e. The highest BCUT2D eigenvalue weighted by molar-refractivity contribution is 5.67. The summed E-state index contributed by atoms with van der Waals surface area (Å²) in [6.45, 7) is 2.20. The Balaban J connectivity index is 2.42. The fourth-order valence-corrected chi connectivity index (χ4v) is 1.71. The van der Waals surface area contributed by atoms with E-state index in [-0.39, 0.29) is 12.5 Å². The van der Waals surface area contributed by atoms with Crippen LogP contribution >= 0.6 is 0 Å². The van der Waals surface area contributed by atoms with Crippen molar-refractivity contribution in [3.63, 3.8) is 0 Å². The summed E-state index contributed by atoms with van der Waals surface area (Å²) in [5, 5.41) is 11.5. The number of carbonyl (C=O) groups is 1. The van der Waals surface area contributed by atoms with Crippen LogP contribution in [0.3, 0.4) is 0 Å². The average Bonchev–Trinajstić information content (AvgIpc) is 2.50. The van der Waals surface area contributed by atoms with Gasteiger partial charge < -0.3 is 20.9 Å². The fourth-order valence-electron chi connectivity index (χ4n) is 1.71. The first-order valence-electron chi connectivity index (χ1n) is 7.00. The summed E-state index contributed by atoms with van der Waals surface area (Å²) in [4.78, 5) is 11.4. The summed E-state index contributed by atoms with van der Waals surface area (Å²) in [7, 11) is 0. The van der Waals surface area contributed by atoms with E-state index in [4.69, 9.17) is 10.5 Å². The van der Waals surface area contributed by atoms with Crippen LogP contribution in [0, 0.1) is 5.92 Å². The summed E-state index contributed by atoms with van der Waals surface area (Å²) in [6.07, 6.45) is -3.02. The lowest BCUT2D eigenvalue weighted by Crippen LogP contribution is -2.54. The minimum absolute atomic E-state index is 0.0215. The van der Waals surface area contributed by atoms with Crippen LogP contribution in [0.4, 0.5) is 13.6 Å². The Morgan fingerprint density at radius 3 is 2.50 bits per heavy atom. The van der Waals surface area contributed by atoms with E-state index in [1.165, 1.54) is 0 Å². The molecule has 0 saturated heterocycles. The molecule has 1 aromatic rings. The van der Waals surface area contributed by atoms with Crippen LogP contribution in [-0.2, 0) is 11.3 Å². The van der Waals surface area contributed by atoms with Gasteiger partial charge in [-0.2, -0.15) is 0 Å². The van der Waals surface area contributed by atoms with Gasteiger partial charge in [-0.15, -0.1) is 0 Å². The van der Waals surface area contributed by atoms with Gasteiger partial charge in [0, 0.05) is 6.04 Å². The van der Waals surface area contributed by atoms with Crippen molar-refractivity contribution in [1.82, 2.24) is 5.32 Å². The molecular formula is C15H22F2N2O3.